The first-order valence-electron chi connectivity index (χ1n) is 7.27. The van der Waals surface area contributed by atoms with Gasteiger partial charge in [0.2, 0.25) is 0 Å². The van der Waals surface area contributed by atoms with Gasteiger partial charge in [0.05, 0.1) is 12.2 Å². The van der Waals surface area contributed by atoms with Gasteiger partial charge in [-0.15, -0.1) is 35.3 Å². The Hall–Kier alpha value is -1.15. The summed E-state index contributed by atoms with van der Waals surface area (Å²) in [6.45, 7) is 3.82. The second kappa shape index (κ2) is 10.6. The van der Waals surface area contributed by atoms with Crippen LogP contribution in [0.15, 0.2) is 40.7 Å². The Labute approximate surface area is 153 Å². The van der Waals surface area contributed by atoms with Crippen molar-refractivity contribution in [2.75, 3.05) is 13.6 Å². The Balaban J connectivity index is 0.00000242. The van der Waals surface area contributed by atoms with Crippen LogP contribution in [0.1, 0.15) is 24.8 Å². The molecule has 0 saturated carbocycles. The highest BCUT2D eigenvalue weighted by molar-refractivity contribution is 14.0. The number of aliphatic imine (C=N–C) groups is 1. The summed E-state index contributed by atoms with van der Waals surface area (Å²) in [5, 5.41) is 9.75. The normalized spacial score (nSPS) is 10.9. The Kier molecular flexibility index (Phi) is 9.07. The summed E-state index contributed by atoms with van der Waals surface area (Å²) in [6.07, 6.45) is 2.33. The fourth-order valence-corrected chi connectivity index (χ4v) is 2.64. The van der Waals surface area contributed by atoms with Gasteiger partial charge < -0.3 is 10.6 Å². The standard InChI is InChI=1S/C16H22N4S.HI/c1-3-4-10-18-16(17-2)19-11-15-20-14(12-21-15)13-8-6-5-7-9-13;/h5-9,12H,3-4,10-11H2,1-2H3,(H2,17,18,19);1H. The highest BCUT2D eigenvalue weighted by Crippen LogP contribution is 2.21. The largest absolute Gasteiger partial charge is 0.356 e. The van der Waals surface area contributed by atoms with Crippen molar-refractivity contribution in [2.24, 2.45) is 4.99 Å². The number of guanidine groups is 1. The van der Waals surface area contributed by atoms with E-state index in [1.807, 2.05) is 18.2 Å². The molecule has 22 heavy (non-hydrogen) atoms. The highest BCUT2D eigenvalue weighted by atomic mass is 127. The molecule has 1 heterocycles. The van der Waals surface area contributed by atoms with E-state index in [0.29, 0.717) is 6.54 Å². The number of benzene rings is 1. The Morgan fingerprint density at radius 3 is 2.68 bits per heavy atom. The van der Waals surface area contributed by atoms with Crippen LogP contribution in [0.3, 0.4) is 0 Å². The van der Waals surface area contributed by atoms with Crippen LogP contribution in [-0.4, -0.2) is 24.5 Å². The van der Waals surface area contributed by atoms with Crippen LogP contribution in [0.25, 0.3) is 11.3 Å². The number of unbranched alkanes of at least 4 members (excludes halogenated alkanes) is 1. The molecule has 0 aliphatic heterocycles. The third-order valence-corrected chi connectivity index (χ3v) is 3.92. The summed E-state index contributed by atoms with van der Waals surface area (Å²) >= 11 is 1.67. The van der Waals surface area contributed by atoms with Crippen LogP contribution in [0.4, 0.5) is 0 Å². The van der Waals surface area contributed by atoms with Crippen molar-refractivity contribution >= 4 is 41.3 Å². The molecule has 4 nitrogen and oxygen atoms in total. The smallest absolute Gasteiger partial charge is 0.191 e. The molecule has 0 radical (unpaired) electrons. The Morgan fingerprint density at radius 2 is 2.00 bits per heavy atom. The van der Waals surface area contributed by atoms with Gasteiger partial charge in [0.1, 0.15) is 5.01 Å². The summed E-state index contributed by atoms with van der Waals surface area (Å²) in [7, 11) is 1.79. The van der Waals surface area contributed by atoms with Gasteiger partial charge in [-0.1, -0.05) is 43.7 Å². The van der Waals surface area contributed by atoms with E-state index in [9.17, 15) is 0 Å². The first kappa shape index (κ1) is 18.9. The maximum Gasteiger partial charge on any atom is 0.191 e. The molecule has 1 aromatic heterocycles. The predicted molar refractivity (Wildman–Crippen MR) is 106 cm³/mol. The Morgan fingerprint density at radius 1 is 1.23 bits per heavy atom. The maximum atomic E-state index is 4.66. The molecule has 0 unspecified atom stereocenters. The van der Waals surface area contributed by atoms with Crippen LogP contribution in [0.5, 0.6) is 0 Å². The van der Waals surface area contributed by atoms with E-state index in [-0.39, 0.29) is 24.0 Å². The first-order chi connectivity index (χ1) is 10.3. The van der Waals surface area contributed by atoms with Gasteiger partial charge in [-0.2, -0.15) is 0 Å². The summed E-state index contributed by atoms with van der Waals surface area (Å²) in [4.78, 5) is 8.87. The minimum atomic E-state index is 0. The van der Waals surface area contributed by atoms with E-state index in [1.165, 1.54) is 6.42 Å². The van der Waals surface area contributed by atoms with Crippen LogP contribution in [0, 0.1) is 0 Å². The highest BCUT2D eigenvalue weighted by Gasteiger charge is 2.05. The number of thiazole rings is 1. The summed E-state index contributed by atoms with van der Waals surface area (Å²) in [6, 6.07) is 10.2. The third kappa shape index (κ3) is 5.92. The lowest BCUT2D eigenvalue weighted by Gasteiger charge is -2.10. The van der Waals surface area contributed by atoms with Gasteiger partial charge in [0.15, 0.2) is 5.96 Å². The molecule has 6 heteroatoms. The molecule has 0 atom stereocenters. The topological polar surface area (TPSA) is 49.3 Å². The van der Waals surface area contributed by atoms with E-state index in [1.54, 1.807) is 18.4 Å². The molecule has 120 valence electrons. The zero-order chi connectivity index (χ0) is 14.9. The molecular weight excluding hydrogens is 407 g/mol. The number of nitrogens with one attached hydrogen (secondary N) is 2. The summed E-state index contributed by atoms with van der Waals surface area (Å²) < 4.78 is 0. The van der Waals surface area contributed by atoms with Gasteiger partial charge in [-0.25, -0.2) is 4.98 Å². The molecule has 0 amide bonds. The number of aromatic nitrogens is 1. The van der Waals surface area contributed by atoms with Gasteiger partial charge >= 0.3 is 0 Å². The molecule has 0 spiro atoms. The number of rotatable bonds is 6. The Bertz CT molecular complexity index is 569. The lowest BCUT2D eigenvalue weighted by atomic mass is 10.2. The van der Waals surface area contributed by atoms with Gasteiger partial charge in [-0.05, 0) is 6.42 Å². The average Bonchev–Trinajstić information content (AvgIpc) is 3.00. The van der Waals surface area contributed by atoms with Crippen molar-refractivity contribution in [2.45, 2.75) is 26.3 Å². The molecule has 2 aromatic rings. The molecule has 0 aliphatic carbocycles. The van der Waals surface area contributed by atoms with Crippen LogP contribution < -0.4 is 10.6 Å². The fraction of sp³-hybridized carbons (Fsp3) is 0.375. The minimum Gasteiger partial charge on any atom is -0.356 e. The zero-order valence-electron chi connectivity index (χ0n) is 13.0. The van der Waals surface area contributed by atoms with Gasteiger partial charge in [0, 0.05) is 24.5 Å². The molecule has 0 fully saturated rings. The van der Waals surface area contributed by atoms with E-state index < -0.39 is 0 Å². The monoisotopic (exact) mass is 430 g/mol. The van der Waals surface area contributed by atoms with Crippen LogP contribution >= 0.6 is 35.3 Å². The number of nitrogens with zero attached hydrogens (tertiary/aromatic N) is 2. The average molecular weight is 430 g/mol. The third-order valence-electron chi connectivity index (χ3n) is 3.07. The quantitative estimate of drug-likeness (QED) is 0.317. The van der Waals surface area contributed by atoms with Crippen molar-refractivity contribution < 1.29 is 0 Å². The number of hydrogen-bond acceptors (Lipinski definition) is 3. The zero-order valence-corrected chi connectivity index (χ0v) is 16.2. The number of halogens is 1. The van der Waals surface area contributed by atoms with Crippen molar-refractivity contribution in [1.29, 1.82) is 0 Å². The van der Waals surface area contributed by atoms with Crippen LogP contribution in [-0.2, 0) is 6.54 Å². The lowest BCUT2D eigenvalue weighted by Crippen LogP contribution is -2.37. The SMILES string of the molecule is CCCCNC(=NC)NCc1nc(-c2ccccc2)cs1.I. The van der Waals surface area contributed by atoms with E-state index in [2.05, 4.69) is 45.0 Å². The summed E-state index contributed by atoms with van der Waals surface area (Å²) in [5.74, 6) is 0.833. The molecule has 2 rings (SSSR count). The fourth-order valence-electron chi connectivity index (χ4n) is 1.90. The first-order valence-corrected chi connectivity index (χ1v) is 8.15. The maximum absolute atomic E-state index is 4.66. The molecule has 1 aromatic carbocycles. The number of hydrogen-bond donors (Lipinski definition) is 2. The second-order valence-corrected chi connectivity index (χ2v) is 5.64. The molecular formula is C16H23IN4S. The summed E-state index contributed by atoms with van der Waals surface area (Å²) in [5.41, 5.74) is 2.19. The molecule has 0 saturated heterocycles. The molecule has 0 bridgehead atoms. The second-order valence-electron chi connectivity index (χ2n) is 4.70. The van der Waals surface area contributed by atoms with E-state index in [0.717, 1.165) is 35.2 Å². The van der Waals surface area contributed by atoms with E-state index >= 15 is 0 Å². The minimum absolute atomic E-state index is 0. The van der Waals surface area contributed by atoms with Crippen LogP contribution in [0.2, 0.25) is 0 Å². The van der Waals surface area contributed by atoms with Crippen molar-refractivity contribution in [3.63, 3.8) is 0 Å². The van der Waals surface area contributed by atoms with Crippen molar-refractivity contribution in [3.8, 4) is 11.3 Å². The molecule has 0 aliphatic rings. The van der Waals surface area contributed by atoms with Gasteiger partial charge in [0.25, 0.3) is 0 Å². The van der Waals surface area contributed by atoms with E-state index in [4.69, 9.17) is 0 Å². The molecule has 2 N–H and O–H groups in total. The van der Waals surface area contributed by atoms with Crippen molar-refractivity contribution in [3.05, 3.63) is 40.7 Å². The lowest BCUT2D eigenvalue weighted by molar-refractivity contribution is 0.728. The predicted octanol–water partition coefficient (Wildman–Crippen LogP) is 3.89. The van der Waals surface area contributed by atoms with Gasteiger partial charge in [-0.3, -0.25) is 4.99 Å². The van der Waals surface area contributed by atoms with Crippen molar-refractivity contribution in [1.82, 2.24) is 15.6 Å².